The van der Waals surface area contributed by atoms with Crippen LogP contribution in [0, 0.1) is 5.92 Å². The van der Waals surface area contributed by atoms with Crippen LogP contribution in [0.25, 0.3) is 0 Å². The predicted molar refractivity (Wildman–Crippen MR) is 79.6 cm³/mol. The number of aliphatic hydroxyl groups excluding tert-OH is 1. The number of nitrogens with zero attached hydrogens (tertiary/aromatic N) is 1. The molecule has 2 N–H and O–H groups in total. The zero-order valence-corrected chi connectivity index (χ0v) is 11.6. The van der Waals surface area contributed by atoms with Crippen molar-refractivity contribution < 1.29 is 9.90 Å². The predicted octanol–water partition coefficient (Wildman–Crippen LogP) is 2.32. The van der Waals surface area contributed by atoms with Gasteiger partial charge in [-0.2, -0.15) is 0 Å². The fourth-order valence-electron chi connectivity index (χ4n) is 2.76. The van der Waals surface area contributed by atoms with Gasteiger partial charge in [0, 0.05) is 18.0 Å². The molecule has 1 aliphatic carbocycles. The van der Waals surface area contributed by atoms with Gasteiger partial charge in [0.25, 0.3) is 5.91 Å². The average molecular weight is 282 g/mol. The normalized spacial score (nSPS) is 22.1. The molecule has 1 aliphatic rings. The first-order valence-corrected chi connectivity index (χ1v) is 7.18. The van der Waals surface area contributed by atoms with E-state index in [-0.39, 0.29) is 24.0 Å². The lowest BCUT2D eigenvalue weighted by Gasteiger charge is -2.38. The van der Waals surface area contributed by atoms with E-state index >= 15 is 0 Å². The van der Waals surface area contributed by atoms with Crippen molar-refractivity contribution in [3.05, 3.63) is 66.0 Å². The highest BCUT2D eigenvalue weighted by Gasteiger charge is 2.35. The molecule has 0 spiro atoms. The Morgan fingerprint density at radius 2 is 1.81 bits per heavy atom. The molecule has 1 aromatic carbocycles. The number of pyridine rings is 1. The maximum atomic E-state index is 12.4. The van der Waals surface area contributed by atoms with Crippen molar-refractivity contribution in [3.63, 3.8) is 0 Å². The second-order valence-corrected chi connectivity index (χ2v) is 5.48. The summed E-state index contributed by atoms with van der Waals surface area (Å²) < 4.78 is 0. The molecule has 3 rings (SSSR count). The zero-order valence-electron chi connectivity index (χ0n) is 11.6. The van der Waals surface area contributed by atoms with E-state index in [1.807, 2.05) is 30.3 Å². The van der Waals surface area contributed by atoms with Crippen LogP contribution in [-0.4, -0.2) is 22.1 Å². The molecule has 0 radical (unpaired) electrons. The number of aliphatic hydroxyl groups is 1. The Labute approximate surface area is 123 Å². The first-order valence-electron chi connectivity index (χ1n) is 7.18. The smallest absolute Gasteiger partial charge is 0.251 e. The van der Waals surface area contributed by atoms with Crippen LogP contribution in [-0.2, 0) is 0 Å². The summed E-state index contributed by atoms with van der Waals surface area (Å²) >= 11 is 0. The number of hydrogen-bond donors (Lipinski definition) is 2. The average Bonchev–Trinajstić information content (AvgIpc) is 2.51. The summed E-state index contributed by atoms with van der Waals surface area (Å²) in [5.74, 6) is 0.181. The van der Waals surface area contributed by atoms with Gasteiger partial charge in [0.2, 0.25) is 0 Å². The van der Waals surface area contributed by atoms with Crippen LogP contribution in [0.3, 0.4) is 0 Å². The summed E-state index contributed by atoms with van der Waals surface area (Å²) in [7, 11) is 0. The topological polar surface area (TPSA) is 62.2 Å². The molecule has 4 heteroatoms. The highest BCUT2D eigenvalue weighted by atomic mass is 16.3. The summed E-state index contributed by atoms with van der Waals surface area (Å²) in [6, 6.07) is 13.3. The highest BCUT2D eigenvalue weighted by molar-refractivity contribution is 5.94. The van der Waals surface area contributed by atoms with Crippen LogP contribution in [0.5, 0.6) is 0 Å². The Balaban J connectivity index is 1.78. The van der Waals surface area contributed by atoms with Crippen molar-refractivity contribution in [2.24, 2.45) is 5.92 Å². The number of rotatable bonds is 4. The fourth-order valence-corrected chi connectivity index (χ4v) is 2.76. The second kappa shape index (κ2) is 6.06. The lowest BCUT2D eigenvalue weighted by molar-refractivity contribution is 0.0235. The largest absolute Gasteiger partial charge is 0.393 e. The molecule has 2 aromatic rings. The first-order chi connectivity index (χ1) is 10.2. The van der Waals surface area contributed by atoms with Crippen molar-refractivity contribution in [1.29, 1.82) is 0 Å². The Kier molecular flexibility index (Phi) is 3.97. The van der Waals surface area contributed by atoms with Gasteiger partial charge >= 0.3 is 0 Å². The summed E-state index contributed by atoms with van der Waals surface area (Å²) in [6.45, 7) is 0. The maximum Gasteiger partial charge on any atom is 0.251 e. The van der Waals surface area contributed by atoms with E-state index in [2.05, 4.69) is 10.3 Å². The standard InChI is InChI=1S/C17H18N2O2/c20-15-10-14(11-15)16(12-4-2-1-3-5-12)19-17(21)13-6-8-18-9-7-13/h1-9,14-16,20H,10-11H2,(H,19,21)/t14?,15?,16-/m1/s1. The third-order valence-corrected chi connectivity index (χ3v) is 4.01. The van der Waals surface area contributed by atoms with Crippen molar-refractivity contribution in [2.45, 2.75) is 25.0 Å². The molecule has 4 nitrogen and oxygen atoms in total. The fraction of sp³-hybridized carbons (Fsp3) is 0.294. The van der Waals surface area contributed by atoms with Crippen LogP contribution in [0.4, 0.5) is 0 Å². The van der Waals surface area contributed by atoms with E-state index < -0.39 is 0 Å². The molecular weight excluding hydrogens is 264 g/mol. The molecular formula is C17H18N2O2. The Bertz CT molecular complexity index is 595. The number of hydrogen-bond acceptors (Lipinski definition) is 3. The van der Waals surface area contributed by atoms with Gasteiger partial charge in [0.05, 0.1) is 12.1 Å². The van der Waals surface area contributed by atoms with E-state index in [4.69, 9.17) is 0 Å². The van der Waals surface area contributed by atoms with Gasteiger partial charge in [-0.15, -0.1) is 0 Å². The molecule has 1 aromatic heterocycles. The van der Waals surface area contributed by atoms with Crippen LogP contribution < -0.4 is 5.32 Å². The third kappa shape index (κ3) is 3.11. The van der Waals surface area contributed by atoms with Crippen LogP contribution in [0.15, 0.2) is 54.9 Å². The Hall–Kier alpha value is -2.20. The van der Waals surface area contributed by atoms with Gasteiger partial charge in [-0.05, 0) is 36.5 Å². The van der Waals surface area contributed by atoms with E-state index in [1.165, 1.54) is 0 Å². The molecule has 1 heterocycles. The lowest BCUT2D eigenvalue weighted by Crippen LogP contribution is -2.41. The van der Waals surface area contributed by atoms with E-state index in [0.29, 0.717) is 5.56 Å². The SMILES string of the molecule is O=C(N[C@H](c1ccccc1)C1CC(O)C1)c1ccncc1. The van der Waals surface area contributed by atoms with Crippen molar-refractivity contribution in [3.8, 4) is 0 Å². The quantitative estimate of drug-likeness (QED) is 0.904. The third-order valence-electron chi connectivity index (χ3n) is 4.01. The number of carbonyl (C=O) groups is 1. The van der Waals surface area contributed by atoms with Gasteiger partial charge < -0.3 is 10.4 Å². The maximum absolute atomic E-state index is 12.4. The van der Waals surface area contributed by atoms with Crippen molar-refractivity contribution in [1.82, 2.24) is 10.3 Å². The summed E-state index contributed by atoms with van der Waals surface area (Å²) in [5, 5.41) is 12.6. The van der Waals surface area contributed by atoms with Crippen molar-refractivity contribution >= 4 is 5.91 Å². The number of carbonyl (C=O) groups excluding carboxylic acids is 1. The monoisotopic (exact) mass is 282 g/mol. The Morgan fingerprint density at radius 1 is 1.14 bits per heavy atom. The number of nitrogens with one attached hydrogen (secondary N) is 1. The molecule has 108 valence electrons. The van der Waals surface area contributed by atoms with Gasteiger partial charge in [-0.25, -0.2) is 0 Å². The molecule has 1 amide bonds. The molecule has 1 saturated carbocycles. The molecule has 0 saturated heterocycles. The van der Waals surface area contributed by atoms with Gasteiger partial charge in [0.15, 0.2) is 0 Å². The zero-order chi connectivity index (χ0) is 14.7. The van der Waals surface area contributed by atoms with E-state index in [9.17, 15) is 9.90 Å². The molecule has 0 unspecified atom stereocenters. The van der Waals surface area contributed by atoms with Gasteiger partial charge in [0.1, 0.15) is 0 Å². The van der Waals surface area contributed by atoms with E-state index in [0.717, 1.165) is 18.4 Å². The highest BCUT2D eigenvalue weighted by Crippen LogP contribution is 2.38. The summed E-state index contributed by atoms with van der Waals surface area (Å²) in [6.07, 6.45) is 4.45. The van der Waals surface area contributed by atoms with Crippen LogP contribution in [0.1, 0.15) is 34.8 Å². The summed E-state index contributed by atoms with van der Waals surface area (Å²) in [5.41, 5.74) is 1.68. The van der Waals surface area contributed by atoms with Crippen molar-refractivity contribution in [2.75, 3.05) is 0 Å². The lowest BCUT2D eigenvalue weighted by atomic mass is 9.75. The molecule has 1 atom stereocenters. The van der Waals surface area contributed by atoms with Gasteiger partial charge in [-0.1, -0.05) is 30.3 Å². The minimum Gasteiger partial charge on any atom is -0.393 e. The van der Waals surface area contributed by atoms with Gasteiger partial charge in [-0.3, -0.25) is 9.78 Å². The molecule has 0 bridgehead atoms. The number of amides is 1. The van der Waals surface area contributed by atoms with Crippen LogP contribution in [0.2, 0.25) is 0 Å². The molecule has 21 heavy (non-hydrogen) atoms. The first kappa shape index (κ1) is 13.8. The number of aromatic nitrogens is 1. The molecule has 1 fully saturated rings. The van der Waals surface area contributed by atoms with E-state index in [1.54, 1.807) is 24.5 Å². The second-order valence-electron chi connectivity index (χ2n) is 5.48. The minimum atomic E-state index is -0.237. The minimum absolute atomic E-state index is 0.0599. The number of benzene rings is 1. The Morgan fingerprint density at radius 3 is 2.43 bits per heavy atom. The van der Waals surface area contributed by atoms with Crippen LogP contribution >= 0.6 is 0 Å². The molecule has 0 aliphatic heterocycles. The summed E-state index contributed by atoms with van der Waals surface area (Å²) in [4.78, 5) is 16.3.